The first-order chi connectivity index (χ1) is 16.5. The van der Waals surface area contributed by atoms with E-state index in [2.05, 4.69) is 27.0 Å². The molecule has 0 saturated carbocycles. The van der Waals surface area contributed by atoms with Crippen molar-refractivity contribution >= 4 is 28.2 Å². The summed E-state index contributed by atoms with van der Waals surface area (Å²) in [6.45, 7) is 8.83. The van der Waals surface area contributed by atoms with Crippen LogP contribution >= 0.6 is 0 Å². The maximum atomic E-state index is 14.3. The van der Waals surface area contributed by atoms with Gasteiger partial charge in [0.25, 0.3) is 0 Å². The van der Waals surface area contributed by atoms with E-state index < -0.39 is 11.4 Å². The number of nitrogens with two attached hydrogens (primary N) is 1. The minimum atomic E-state index is -0.856. The van der Waals surface area contributed by atoms with Crippen molar-refractivity contribution in [1.82, 2.24) is 29.4 Å². The van der Waals surface area contributed by atoms with Crippen LogP contribution in [0.15, 0.2) is 18.3 Å². The van der Waals surface area contributed by atoms with Crippen molar-refractivity contribution in [3.63, 3.8) is 0 Å². The molecule has 0 spiro atoms. The Balaban J connectivity index is 1.51. The zero-order valence-electron chi connectivity index (χ0n) is 20.7. The first-order valence-corrected chi connectivity index (χ1v) is 11.8. The smallest absolute Gasteiger partial charge is 0.223 e. The monoisotopic (exact) mass is 482 g/mol. The van der Waals surface area contributed by atoms with Gasteiger partial charge in [-0.05, 0) is 46.6 Å². The lowest BCUT2D eigenvalue weighted by atomic mass is 9.92. The molecule has 0 radical (unpaired) electrons. The third kappa shape index (κ3) is 4.24. The fourth-order valence-corrected chi connectivity index (χ4v) is 4.93. The molecule has 3 N–H and O–H groups in total. The Labute approximate surface area is 202 Å². The van der Waals surface area contributed by atoms with Gasteiger partial charge in [-0.2, -0.15) is 9.61 Å². The number of hydrogen-bond acceptors (Lipinski definition) is 8. The number of nitrogens with zero attached hydrogens (tertiary/aromatic N) is 7. The predicted octanol–water partition coefficient (Wildman–Crippen LogP) is 3.06. The van der Waals surface area contributed by atoms with E-state index in [0.29, 0.717) is 47.3 Å². The highest BCUT2D eigenvalue weighted by Gasteiger charge is 2.32. The summed E-state index contributed by atoms with van der Waals surface area (Å²) < 4.78 is 22.9. The number of halogens is 1. The molecule has 0 amide bonds. The molecular weight excluding hydrogens is 451 g/mol. The predicted molar refractivity (Wildman–Crippen MR) is 131 cm³/mol. The number of hydrogen-bond donors (Lipinski definition) is 2. The molecule has 1 aliphatic rings. The summed E-state index contributed by atoms with van der Waals surface area (Å²) in [7, 11) is 1.47. The molecule has 1 aromatic carbocycles. The van der Waals surface area contributed by atoms with Gasteiger partial charge in [-0.3, -0.25) is 4.68 Å². The molecule has 11 heteroatoms. The standard InChI is InChI=1S/C24H31FN8O2/c1-13-6-7-15(10-32(13)18-11-31(29-14(18)2)12-24(3,4)34)21-28-22-17-8-16(25)9-19(35-5)20(17)27-23(26)33(22)30-21/h8-9,11,13,15,34H,6-7,10,12H2,1-5H3,(H2,26,27)/t13-,15-/m0/s1. The highest BCUT2D eigenvalue weighted by molar-refractivity contribution is 5.95. The fourth-order valence-electron chi connectivity index (χ4n) is 4.93. The molecular formula is C24H31FN8O2. The van der Waals surface area contributed by atoms with Gasteiger partial charge in [0.15, 0.2) is 11.5 Å². The lowest BCUT2D eigenvalue weighted by Crippen LogP contribution is -2.41. The summed E-state index contributed by atoms with van der Waals surface area (Å²) in [5, 5.41) is 20.0. The number of nitrogen functional groups attached to an aromatic ring is 1. The van der Waals surface area contributed by atoms with Gasteiger partial charge in [0.1, 0.15) is 17.1 Å². The fraction of sp³-hybridized carbons (Fsp3) is 0.500. The number of methoxy groups -OCH3 is 1. The number of aromatic nitrogens is 6. The molecule has 5 rings (SSSR count). The normalized spacial score (nSPS) is 19.1. The van der Waals surface area contributed by atoms with Crippen LogP contribution in [-0.4, -0.2) is 59.8 Å². The van der Waals surface area contributed by atoms with Gasteiger partial charge in [-0.25, -0.2) is 14.4 Å². The molecule has 1 aliphatic heterocycles. The third-order valence-corrected chi connectivity index (χ3v) is 6.59. The van der Waals surface area contributed by atoms with Crippen LogP contribution < -0.4 is 15.4 Å². The number of aliphatic hydroxyl groups is 1. The number of aryl methyl sites for hydroxylation is 1. The van der Waals surface area contributed by atoms with Crippen molar-refractivity contribution in [2.75, 3.05) is 24.3 Å². The molecule has 35 heavy (non-hydrogen) atoms. The number of benzene rings is 1. The number of fused-ring (bicyclic) bond motifs is 3. The first-order valence-electron chi connectivity index (χ1n) is 11.8. The van der Waals surface area contributed by atoms with E-state index >= 15 is 0 Å². The molecule has 1 fully saturated rings. The first kappa shape index (κ1) is 23.3. The van der Waals surface area contributed by atoms with E-state index in [0.717, 1.165) is 24.2 Å². The van der Waals surface area contributed by atoms with Gasteiger partial charge in [0, 0.05) is 30.8 Å². The molecule has 4 heterocycles. The minimum absolute atomic E-state index is 0.0491. The van der Waals surface area contributed by atoms with Crippen LogP contribution in [0.25, 0.3) is 16.6 Å². The topological polar surface area (TPSA) is 120 Å². The van der Waals surface area contributed by atoms with Crippen molar-refractivity contribution in [3.05, 3.63) is 35.7 Å². The van der Waals surface area contributed by atoms with Crippen LogP contribution in [0.2, 0.25) is 0 Å². The van der Waals surface area contributed by atoms with Gasteiger partial charge in [-0.15, -0.1) is 5.10 Å². The molecule has 186 valence electrons. The maximum Gasteiger partial charge on any atom is 0.223 e. The SMILES string of the molecule is COc1cc(F)cc2c1nc(N)n1nc([C@H]3CC[C@H](C)N(c4cn(CC(C)(C)O)nc4C)C3)nc21. The highest BCUT2D eigenvalue weighted by atomic mass is 19.1. The molecule has 4 aromatic rings. The van der Waals surface area contributed by atoms with E-state index in [1.165, 1.54) is 23.8 Å². The molecule has 1 saturated heterocycles. The van der Waals surface area contributed by atoms with Crippen LogP contribution in [-0.2, 0) is 6.54 Å². The molecule has 0 bridgehead atoms. The van der Waals surface area contributed by atoms with E-state index in [9.17, 15) is 9.50 Å². The zero-order chi connectivity index (χ0) is 25.1. The van der Waals surface area contributed by atoms with Gasteiger partial charge in [0.2, 0.25) is 5.95 Å². The Bertz CT molecular complexity index is 1410. The Hall–Kier alpha value is -3.47. The lowest BCUT2D eigenvalue weighted by molar-refractivity contribution is 0.0577. The number of piperidine rings is 1. The Morgan fingerprint density at radius 2 is 2.00 bits per heavy atom. The summed E-state index contributed by atoms with van der Waals surface area (Å²) in [6, 6.07) is 2.98. The third-order valence-electron chi connectivity index (χ3n) is 6.59. The molecule has 2 atom stereocenters. The molecule has 0 unspecified atom stereocenters. The van der Waals surface area contributed by atoms with Crippen LogP contribution in [0.1, 0.15) is 51.0 Å². The number of rotatable bonds is 5. The van der Waals surface area contributed by atoms with Crippen molar-refractivity contribution in [3.8, 4) is 5.75 Å². The van der Waals surface area contributed by atoms with Gasteiger partial charge < -0.3 is 20.5 Å². The van der Waals surface area contributed by atoms with E-state index in [1.807, 2.05) is 13.1 Å². The lowest BCUT2D eigenvalue weighted by Gasteiger charge is -2.38. The average Bonchev–Trinajstić information content (AvgIpc) is 3.37. The molecule has 3 aromatic heterocycles. The van der Waals surface area contributed by atoms with Crippen LogP contribution in [0, 0.1) is 12.7 Å². The number of anilines is 2. The second kappa shape index (κ2) is 8.33. The van der Waals surface area contributed by atoms with Crippen molar-refractivity contribution in [2.24, 2.45) is 0 Å². The van der Waals surface area contributed by atoms with Gasteiger partial charge in [0.05, 0.1) is 36.0 Å². The number of ether oxygens (including phenoxy) is 1. The minimum Gasteiger partial charge on any atom is -0.494 e. The van der Waals surface area contributed by atoms with E-state index in [4.69, 9.17) is 15.5 Å². The Morgan fingerprint density at radius 3 is 2.71 bits per heavy atom. The average molecular weight is 483 g/mol. The summed E-state index contributed by atoms with van der Waals surface area (Å²) in [5.74, 6) is 0.722. The zero-order valence-corrected chi connectivity index (χ0v) is 20.7. The van der Waals surface area contributed by atoms with Gasteiger partial charge >= 0.3 is 0 Å². The molecule has 0 aliphatic carbocycles. The summed E-state index contributed by atoms with van der Waals surface area (Å²) in [6.07, 6.45) is 3.86. The van der Waals surface area contributed by atoms with Crippen molar-refractivity contribution in [1.29, 1.82) is 0 Å². The van der Waals surface area contributed by atoms with Crippen molar-refractivity contribution < 1.29 is 14.2 Å². The summed E-state index contributed by atoms with van der Waals surface area (Å²) in [5.41, 5.74) is 8.20. The van der Waals surface area contributed by atoms with Gasteiger partial charge in [-0.1, -0.05) is 0 Å². The maximum absolute atomic E-state index is 14.3. The molecule has 10 nitrogen and oxygen atoms in total. The summed E-state index contributed by atoms with van der Waals surface area (Å²) in [4.78, 5) is 11.5. The Morgan fingerprint density at radius 1 is 1.23 bits per heavy atom. The quantitative estimate of drug-likeness (QED) is 0.445. The highest BCUT2D eigenvalue weighted by Crippen LogP contribution is 2.35. The van der Waals surface area contributed by atoms with Crippen LogP contribution in [0.5, 0.6) is 5.75 Å². The van der Waals surface area contributed by atoms with Crippen molar-refractivity contribution in [2.45, 2.75) is 64.6 Å². The largest absolute Gasteiger partial charge is 0.494 e. The second-order valence-electron chi connectivity index (χ2n) is 10.1. The van der Waals surface area contributed by atoms with E-state index in [-0.39, 0.29) is 11.9 Å². The van der Waals surface area contributed by atoms with E-state index in [1.54, 1.807) is 18.5 Å². The Kier molecular flexibility index (Phi) is 5.54. The van der Waals surface area contributed by atoms with Crippen LogP contribution in [0.4, 0.5) is 16.0 Å². The summed E-state index contributed by atoms with van der Waals surface area (Å²) >= 11 is 0. The van der Waals surface area contributed by atoms with Crippen LogP contribution in [0.3, 0.4) is 0 Å². The second-order valence-corrected chi connectivity index (χ2v) is 10.1.